The molecule has 5 aromatic carbocycles. The van der Waals surface area contributed by atoms with Crippen LogP contribution in [-0.2, 0) is 0 Å². The van der Waals surface area contributed by atoms with Crippen LogP contribution < -0.4 is 4.90 Å². The summed E-state index contributed by atoms with van der Waals surface area (Å²) in [6, 6.07) is 43.0. The maximum Gasteiger partial charge on any atom is 0.0541 e. The van der Waals surface area contributed by atoms with Gasteiger partial charge in [-0.15, -0.1) is 0 Å². The zero-order valence-corrected chi connectivity index (χ0v) is 25.4. The molecule has 1 aromatic heterocycles. The van der Waals surface area contributed by atoms with Gasteiger partial charge in [0, 0.05) is 46.1 Å². The van der Waals surface area contributed by atoms with Crippen LogP contribution >= 0.6 is 0 Å². The third kappa shape index (κ3) is 4.39. The zero-order chi connectivity index (χ0) is 29.7. The van der Waals surface area contributed by atoms with Gasteiger partial charge in [-0.1, -0.05) is 109 Å². The van der Waals surface area contributed by atoms with E-state index in [2.05, 4.69) is 161 Å². The smallest absolute Gasteiger partial charge is 0.0541 e. The lowest BCUT2D eigenvalue weighted by molar-refractivity contribution is 0.448. The van der Waals surface area contributed by atoms with Crippen molar-refractivity contribution in [2.45, 2.75) is 31.1 Å². The number of nitrogens with zero attached hydrogens (tertiary/aromatic N) is 2. The van der Waals surface area contributed by atoms with E-state index in [9.17, 15) is 0 Å². The summed E-state index contributed by atoms with van der Waals surface area (Å²) in [4.78, 5) is 2.63. The number of allylic oxidation sites excluding steroid dienone is 5. The van der Waals surface area contributed by atoms with Gasteiger partial charge in [0.05, 0.1) is 16.7 Å². The van der Waals surface area contributed by atoms with E-state index in [4.69, 9.17) is 0 Å². The van der Waals surface area contributed by atoms with Gasteiger partial charge in [-0.05, 0) is 84.3 Å². The molecule has 0 spiro atoms. The van der Waals surface area contributed by atoms with Crippen molar-refractivity contribution in [3.8, 4) is 16.8 Å². The Balaban J connectivity index is 1.23. The van der Waals surface area contributed by atoms with Gasteiger partial charge in [-0.25, -0.2) is 0 Å². The first-order valence-electron chi connectivity index (χ1n) is 16.4. The van der Waals surface area contributed by atoms with Crippen molar-refractivity contribution in [2.24, 2.45) is 5.92 Å². The van der Waals surface area contributed by atoms with Gasteiger partial charge in [0.25, 0.3) is 0 Å². The van der Waals surface area contributed by atoms with Crippen molar-refractivity contribution < 1.29 is 0 Å². The maximum atomic E-state index is 2.63. The van der Waals surface area contributed by atoms with E-state index in [1.54, 1.807) is 0 Å². The lowest BCUT2D eigenvalue weighted by atomic mass is 9.74. The summed E-state index contributed by atoms with van der Waals surface area (Å²) < 4.78 is 2.40. The van der Waals surface area contributed by atoms with Gasteiger partial charge in [-0.3, -0.25) is 0 Å². The first-order valence-corrected chi connectivity index (χ1v) is 16.4. The molecule has 9 rings (SSSR count). The Kier molecular flexibility index (Phi) is 6.33. The topological polar surface area (TPSA) is 8.17 Å². The zero-order valence-electron chi connectivity index (χ0n) is 25.4. The SMILES string of the molecule is C1=CCC(c2cccc(N3CC4C=CCCC4c4cccc(-c5ccc6c(c5)c5ccccc5n6-c5ccccc5)c43)c2)C=C1. The molecule has 218 valence electrons. The Hall–Kier alpha value is -5.08. The van der Waals surface area contributed by atoms with Gasteiger partial charge >= 0.3 is 0 Å². The predicted octanol–water partition coefficient (Wildman–Crippen LogP) is 11.3. The third-order valence-corrected chi connectivity index (χ3v) is 10.3. The van der Waals surface area contributed by atoms with Crippen LogP contribution in [-0.4, -0.2) is 11.1 Å². The van der Waals surface area contributed by atoms with Crippen LogP contribution in [0.1, 0.15) is 42.2 Å². The van der Waals surface area contributed by atoms with Crippen molar-refractivity contribution in [2.75, 3.05) is 11.4 Å². The molecule has 3 aliphatic rings. The first kappa shape index (κ1) is 26.3. The molecule has 0 radical (unpaired) electrons. The van der Waals surface area contributed by atoms with E-state index in [0.29, 0.717) is 17.8 Å². The van der Waals surface area contributed by atoms with Crippen molar-refractivity contribution in [1.29, 1.82) is 0 Å². The van der Waals surface area contributed by atoms with Gasteiger partial charge < -0.3 is 9.47 Å². The Morgan fingerprint density at radius 1 is 0.622 bits per heavy atom. The molecular formula is C43H36N2. The predicted molar refractivity (Wildman–Crippen MR) is 190 cm³/mol. The fourth-order valence-corrected chi connectivity index (χ4v) is 8.15. The highest BCUT2D eigenvalue weighted by molar-refractivity contribution is 6.10. The average molecular weight is 581 g/mol. The Morgan fingerprint density at radius 3 is 2.38 bits per heavy atom. The number of hydrogen-bond donors (Lipinski definition) is 0. The van der Waals surface area contributed by atoms with Crippen LogP contribution in [0.15, 0.2) is 152 Å². The molecule has 3 atom stereocenters. The van der Waals surface area contributed by atoms with Crippen LogP contribution in [0, 0.1) is 5.92 Å². The molecule has 0 fully saturated rings. The number of rotatable bonds is 4. The van der Waals surface area contributed by atoms with Crippen LogP contribution in [0.5, 0.6) is 0 Å². The highest BCUT2D eigenvalue weighted by Gasteiger charge is 2.35. The average Bonchev–Trinajstić information content (AvgIpc) is 3.45. The maximum absolute atomic E-state index is 2.63. The highest BCUT2D eigenvalue weighted by Crippen LogP contribution is 2.51. The fraction of sp³-hybridized carbons (Fsp3) is 0.163. The third-order valence-electron chi connectivity index (χ3n) is 10.3. The Morgan fingerprint density at radius 2 is 1.47 bits per heavy atom. The molecular weight excluding hydrogens is 544 g/mol. The second kappa shape index (κ2) is 10.8. The summed E-state index contributed by atoms with van der Waals surface area (Å²) in [5.74, 6) is 1.51. The Labute approximate surface area is 265 Å². The molecule has 3 unspecified atom stereocenters. The minimum absolute atomic E-state index is 0.432. The summed E-state index contributed by atoms with van der Waals surface area (Å²) in [5, 5.41) is 2.59. The summed E-state index contributed by atoms with van der Waals surface area (Å²) >= 11 is 0. The summed E-state index contributed by atoms with van der Waals surface area (Å²) in [6.07, 6.45) is 17.3. The molecule has 2 heteroatoms. The number of para-hydroxylation sites is 3. The van der Waals surface area contributed by atoms with Gasteiger partial charge in [0.2, 0.25) is 0 Å². The summed E-state index contributed by atoms with van der Waals surface area (Å²) in [5.41, 5.74) is 11.8. The molecule has 1 aliphatic heterocycles. The van der Waals surface area contributed by atoms with Crippen LogP contribution in [0.4, 0.5) is 11.4 Å². The van der Waals surface area contributed by atoms with Gasteiger partial charge in [0.1, 0.15) is 0 Å². The molecule has 2 nitrogen and oxygen atoms in total. The Bertz CT molecular complexity index is 2140. The van der Waals surface area contributed by atoms with Crippen molar-refractivity contribution in [1.82, 2.24) is 4.57 Å². The minimum Gasteiger partial charge on any atom is -0.340 e. The minimum atomic E-state index is 0.432. The van der Waals surface area contributed by atoms with Gasteiger partial charge in [-0.2, -0.15) is 0 Å². The lowest BCUT2D eigenvalue weighted by Crippen LogP contribution is -2.35. The lowest BCUT2D eigenvalue weighted by Gasteiger charge is -2.43. The molecule has 6 aromatic rings. The van der Waals surface area contributed by atoms with E-state index in [1.165, 1.54) is 67.5 Å². The standard InChI is InChI=1S/C43H36N2/c1-3-13-30(14-4-1)31-16-11-19-35(27-31)44-29-33-15-7-8-20-36(33)39-23-12-22-37(43(39)44)32-25-26-42-40(28-32)38-21-9-10-24-41(38)45(42)34-17-5-2-6-18-34/h1-7,9-13,15-19,21-28,30,33,36H,8,14,20,29H2. The number of anilines is 2. The molecule has 0 N–H and O–H groups in total. The first-order chi connectivity index (χ1) is 22.3. The molecule has 0 saturated heterocycles. The monoisotopic (exact) mass is 580 g/mol. The number of benzene rings is 5. The van der Waals surface area contributed by atoms with E-state index < -0.39 is 0 Å². The number of aromatic nitrogens is 1. The number of hydrogen-bond acceptors (Lipinski definition) is 1. The van der Waals surface area contributed by atoms with Crippen molar-refractivity contribution in [3.63, 3.8) is 0 Å². The van der Waals surface area contributed by atoms with E-state index in [1.807, 2.05) is 0 Å². The normalized spacial score (nSPS) is 20.4. The summed E-state index contributed by atoms with van der Waals surface area (Å²) in [6.45, 7) is 1.00. The van der Waals surface area contributed by atoms with Crippen LogP contribution in [0.25, 0.3) is 38.6 Å². The van der Waals surface area contributed by atoms with Crippen LogP contribution in [0.3, 0.4) is 0 Å². The molecule has 2 heterocycles. The molecule has 2 aliphatic carbocycles. The van der Waals surface area contributed by atoms with E-state index in [0.717, 1.165) is 19.4 Å². The quantitative estimate of drug-likeness (QED) is 0.188. The molecule has 0 amide bonds. The second-order valence-corrected chi connectivity index (χ2v) is 12.8. The highest BCUT2D eigenvalue weighted by atomic mass is 15.2. The molecule has 0 saturated carbocycles. The van der Waals surface area contributed by atoms with E-state index in [-0.39, 0.29) is 0 Å². The van der Waals surface area contributed by atoms with Crippen molar-refractivity contribution >= 4 is 33.2 Å². The van der Waals surface area contributed by atoms with Crippen molar-refractivity contribution in [3.05, 3.63) is 163 Å². The van der Waals surface area contributed by atoms with E-state index >= 15 is 0 Å². The summed E-state index contributed by atoms with van der Waals surface area (Å²) in [7, 11) is 0. The fourth-order valence-electron chi connectivity index (χ4n) is 8.15. The largest absolute Gasteiger partial charge is 0.340 e. The second-order valence-electron chi connectivity index (χ2n) is 12.8. The van der Waals surface area contributed by atoms with Crippen LogP contribution in [0.2, 0.25) is 0 Å². The number of fused-ring (bicyclic) bond motifs is 6. The molecule has 45 heavy (non-hydrogen) atoms. The van der Waals surface area contributed by atoms with Gasteiger partial charge in [0.15, 0.2) is 0 Å². The molecule has 0 bridgehead atoms.